The molecule has 2 N–H and O–H groups in total. The predicted octanol–water partition coefficient (Wildman–Crippen LogP) is 3.84. The number of hydrogen-bond donors (Lipinski definition) is 1. The Bertz CT molecular complexity index is 1310. The maximum absolute atomic E-state index is 13.7. The van der Waals surface area contributed by atoms with Crippen molar-refractivity contribution < 1.29 is 17.5 Å². The Kier molecular flexibility index (Phi) is 6.33. The van der Waals surface area contributed by atoms with Crippen LogP contribution in [0.15, 0.2) is 59.5 Å². The molecule has 8 heteroatoms. The Labute approximate surface area is 200 Å². The van der Waals surface area contributed by atoms with Crippen LogP contribution in [-0.2, 0) is 21.2 Å². The summed E-state index contributed by atoms with van der Waals surface area (Å²) in [5.74, 6) is -0.213. The average molecular weight is 484 g/mol. The second kappa shape index (κ2) is 9.26. The summed E-state index contributed by atoms with van der Waals surface area (Å²) in [6.45, 7) is 6.46. The van der Waals surface area contributed by atoms with Crippen molar-refractivity contribution in [1.82, 2.24) is 4.90 Å². The van der Waals surface area contributed by atoms with E-state index in [4.69, 9.17) is 9.88 Å². The molecule has 1 saturated heterocycles. The first-order valence-electron chi connectivity index (χ1n) is 11.7. The highest BCUT2D eigenvalue weighted by molar-refractivity contribution is 7.89. The lowest BCUT2D eigenvalue weighted by molar-refractivity contribution is 0.0254. The number of piperazine rings is 1. The van der Waals surface area contributed by atoms with E-state index in [9.17, 15) is 12.8 Å². The van der Waals surface area contributed by atoms with Gasteiger partial charge in [-0.15, -0.1) is 0 Å². The topological polar surface area (TPSA) is 75.9 Å². The van der Waals surface area contributed by atoms with Gasteiger partial charge < -0.3 is 9.64 Å². The molecule has 0 saturated carbocycles. The number of sulfonamides is 1. The lowest BCUT2D eigenvalue weighted by atomic mass is 9.95. The Balaban J connectivity index is 1.25. The van der Waals surface area contributed by atoms with E-state index in [0.29, 0.717) is 19.1 Å². The minimum Gasteiger partial charge on any atom is -0.373 e. The van der Waals surface area contributed by atoms with E-state index in [0.717, 1.165) is 60.2 Å². The van der Waals surface area contributed by atoms with Crippen molar-refractivity contribution in [2.75, 3.05) is 37.7 Å². The van der Waals surface area contributed by atoms with Crippen LogP contribution >= 0.6 is 0 Å². The molecule has 1 fully saturated rings. The number of nitrogens with zero attached hydrogens (tertiary/aromatic N) is 2. The maximum atomic E-state index is 13.7. The van der Waals surface area contributed by atoms with Gasteiger partial charge in [-0.3, -0.25) is 4.90 Å². The average Bonchev–Trinajstić information content (AvgIpc) is 2.81. The fourth-order valence-corrected chi connectivity index (χ4v) is 5.84. The molecule has 0 bridgehead atoms. The molecular weight excluding hydrogens is 453 g/mol. The molecule has 3 aromatic carbocycles. The van der Waals surface area contributed by atoms with Crippen molar-refractivity contribution in [3.63, 3.8) is 0 Å². The minimum atomic E-state index is -3.71. The van der Waals surface area contributed by atoms with Crippen molar-refractivity contribution >= 4 is 26.5 Å². The molecule has 34 heavy (non-hydrogen) atoms. The normalized spacial score (nSPS) is 21.6. The molecule has 0 spiro atoms. The quantitative estimate of drug-likeness (QED) is 0.597. The first kappa shape index (κ1) is 23.2. The SMILES string of the molecule is C[C@@H]1CN(c2cccc3cc(F)ccc23)CCN1CC[C@@H]1OCCc2cc(S(N)(=O)=O)ccc21. The fourth-order valence-electron chi connectivity index (χ4n) is 5.27. The van der Waals surface area contributed by atoms with Gasteiger partial charge in [0, 0.05) is 43.3 Å². The van der Waals surface area contributed by atoms with Crippen LogP contribution < -0.4 is 10.0 Å². The van der Waals surface area contributed by atoms with E-state index in [2.05, 4.69) is 22.8 Å². The van der Waals surface area contributed by atoms with Gasteiger partial charge in [0.25, 0.3) is 0 Å². The van der Waals surface area contributed by atoms with Crippen LogP contribution in [0, 0.1) is 5.82 Å². The highest BCUT2D eigenvalue weighted by Gasteiger charge is 2.28. The molecule has 180 valence electrons. The molecular formula is C26H30FN3O3S. The Morgan fingerprint density at radius 2 is 1.97 bits per heavy atom. The summed E-state index contributed by atoms with van der Waals surface area (Å²) in [6.07, 6.45) is 1.50. The van der Waals surface area contributed by atoms with E-state index < -0.39 is 10.0 Å². The molecule has 6 nitrogen and oxygen atoms in total. The smallest absolute Gasteiger partial charge is 0.238 e. The Morgan fingerprint density at radius 1 is 1.12 bits per heavy atom. The van der Waals surface area contributed by atoms with Gasteiger partial charge in [-0.25, -0.2) is 17.9 Å². The number of nitrogens with two attached hydrogens (primary N) is 1. The van der Waals surface area contributed by atoms with E-state index in [1.165, 1.54) is 6.07 Å². The molecule has 0 aliphatic carbocycles. The van der Waals surface area contributed by atoms with Gasteiger partial charge in [0.05, 0.1) is 17.6 Å². The van der Waals surface area contributed by atoms with Gasteiger partial charge >= 0.3 is 0 Å². The number of hydrogen-bond acceptors (Lipinski definition) is 5. The van der Waals surface area contributed by atoms with Crippen molar-refractivity contribution in [1.29, 1.82) is 0 Å². The third-order valence-corrected chi connectivity index (χ3v) is 8.00. The zero-order valence-electron chi connectivity index (χ0n) is 19.3. The number of anilines is 1. The van der Waals surface area contributed by atoms with Crippen molar-refractivity contribution in [3.05, 3.63) is 71.5 Å². The van der Waals surface area contributed by atoms with Crippen LogP contribution in [0.2, 0.25) is 0 Å². The molecule has 2 aliphatic heterocycles. The number of ether oxygens (including phenoxy) is 1. The standard InChI is InChI=1S/C26H30FN3O3S/c1-18-17-30(25-4-2-3-19-15-21(27)5-7-23(19)25)13-12-29(18)11-9-26-24-8-6-22(34(28,31)32)16-20(24)10-14-33-26/h2-8,15-16,18,26H,9-14,17H2,1H3,(H2,28,31,32)/t18-,26+/m1/s1. The molecule has 0 aromatic heterocycles. The van der Waals surface area contributed by atoms with Crippen LogP contribution in [0.3, 0.4) is 0 Å². The summed E-state index contributed by atoms with van der Waals surface area (Å²) in [5.41, 5.74) is 3.22. The molecule has 2 aliphatic rings. The van der Waals surface area contributed by atoms with Crippen LogP contribution in [0.5, 0.6) is 0 Å². The summed E-state index contributed by atoms with van der Waals surface area (Å²) in [5, 5.41) is 7.30. The van der Waals surface area contributed by atoms with Crippen molar-refractivity contribution in [2.45, 2.75) is 36.8 Å². The second-order valence-electron chi connectivity index (χ2n) is 9.28. The van der Waals surface area contributed by atoms with E-state index in [-0.39, 0.29) is 16.8 Å². The number of benzene rings is 3. The molecule has 0 unspecified atom stereocenters. The predicted molar refractivity (Wildman–Crippen MR) is 132 cm³/mol. The minimum absolute atomic E-state index is 0.0449. The molecule has 2 heterocycles. The van der Waals surface area contributed by atoms with Gasteiger partial charge in [-0.05, 0) is 72.7 Å². The maximum Gasteiger partial charge on any atom is 0.238 e. The van der Waals surface area contributed by atoms with Crippen molar-refractivity contribution in [3.8, 4) is 0 Å². The molecule has 3 aromatic rings. The summed E-state index contributed by atoms with van der Waals surface area (Å²) in [7, 11) is -3.71. The summed E-state index contributed by atoms with van der Waals surface area (Å²) in [4.78, 5) is 5.04. The van der Waals surface area contributed by atoms with E-state index in [1.54, 1.807) is 18.2 Å². The molecule has 2 atom stereocenters. The van der Waals surface area contributed by atoms with Gasteiger partial charge in [0.15, 0.2) is 0 Å². The van der Waals surface area contributed by atoms with Crippen molar-refractivity contribution in [2.24, 2.45) is 5.14 Å². The van der Waals surface area contributed by atoms with Crippen LogP contribution in [0.25, 0.3) is 10.8 Å². The molecule has 0 amide bonds. The number of primary sulfonamides is 1. The third-order valence-electron chi connectivity index (χ3n) is 7.08. The van der Waals surface area contributed by atoms with Crippen LogP contribution in [0.1, 0.15) is 30.6 Å². The summed E-state index contributed by atoms with van der Waals surface area (Å²) in [6, 6.07) is 16.5. The molecule has 5 rings (SSSR count). The monoisotopic (exact) mass is 483 g/mol. The summed E-state index contributed by atoms with van der Waals surface area (Å²) < 4.78 is 43.1. The number of rotatable bonds is 5. The first-order chi connectivity index (χ1) is 16.3. The number of halogens is 1. The lowest BCUT2D eigenvalue weighted by Gasteiger charge is -2.42. The van der Waals surface area contributed by atoms with E-state index >= 15 is 0 Å². The van der Waals surface area contributed by atoms with Gasteiger partial charge in [0.2, 0.25) is 10.0 Å². The third kappa shape index (κ3) is 4.68. The van der Waals surface area contributed by atoms with Crippen LogP contribution in [-0.4, -0.2) is 52.1 Å². The van der Waals surface area contributed by atoms with Gasteiger partial charge in [-0.1, -0.05) is 18.2 Å². The lowest BCUT2D eigenvalue weighted by Crippen LogP contribution is -2.52. The molecule has 0 radical (unpaired) electrons. The largest absolute Gasteiger partial charge is 0.373 e. The first-order valence-corrected chi connectivity index (χ1v) is 13.3. The fraction of sp³-hybridized carbons (Fsp3) is 0.385. The zero-order chi connectivity index (χ0) is 23.9. The zero-order valence-corrected chi connectivity index (χ0v) is 20.1. The highest BCUT2D eigenvalue weighted by atomic mass is 32.2. The van der Waals surface area contributed by atoms with Gasteiger partial charge in [-0.2, -0.15) is 0 Å². The van der Waals surface area contributed by atoms with Crippen LogP contribution in [0.4, 0.5) is 10.1 Å². The Morgan fingerprint density at radius 3 is 2.76 bits per heavy atom. The highest BCUT2D eigenvalue weighted by Crippen LogP contribution is 2.33. The number of fused-ring (bicyclic) bond motifs is 2. The Hall–Kier alpha value is -2.52. The summed E-state index contributed by atoms with van der Waals surface area (Å²) >= 11 is 0. The second-order valence-corrected chi connectivity index (χ2v) is 10.8. The van der Waals surface area contributed by atoms with Gasteiger partial charge in [0.1, 0.15) is 5.82 Å². The van der Waals surface area contributed by atoms with E-state index in [1.807, 2.05) is 24.3 Å².